The summed E-state index contributed by atoms with van der Waals surface area (Å²) in [7, 11) is 1.56. The van der Waals surface area contributed by atoms with E-state index in [1.165, 1.54) is 0 Å². The Bertz CT molecular complexity index is 565. The first-order chi connectivity index (χ1) is 11.4. The molecular weight excluding hydrogens is 312 g/mol. The van der Waals surface area contributed by atoms with Crippen molar-refractivity contribution in [3.05, 3.63) is 24.3 Å². The van der Waals surface area contributed by atoms with Crippen LogP contribution in [0.1, 0.15) is 13.8 Å². The van der Waals surface area contributed by atoms with Crippen molar-refractivity contribution in [1.29, 1.82) is 0 Å². The Morgan fingerprint density at radius 1 is 1.21 bits per heavy atom. The van der Waals surface area contributed by atoms with Gasteiger partial charge >= 0.3 is 5.97 Å². The fraction of sp³-hybridized carbons (Fsp3) is 0.529. The lowest BCUT2D eigenvalue weighted by Gasteiger charge is -2.36. The number of carboxylic acid groups (broad SMARTS) is 1. The van der Waals surface area contributed by atoms with E-state index in [-0.39, 0.29) is 31.2 Å². The molecule has 1 aromatic carbocycles. The molecule has 132 valence electrons. The summed E-state index contributed by atoms with van der Waals surface area (Å²) in [6.07, 6.45) is -0.0433. The highest BCUT2D eigenvalue weighted by Gasteiger charge is 2.27. The number of amides is 1. The minimum absolute atomic E-state index is 0.0120. The largest absolute Gasteiger partial charge is 0.497 e. The number of nitrogens with zero attached hydrogens (tertiary/aromatic N) is 2. The fourth-order valence-corrected chi connectivity index (χ4v) is 2.84. The second-order valence-electron chi connectivity index (χ2n) is 6.00. The summed E-state index contributed by atoms with van der Waals surface area (Å²) >= 11 is 0. The highest BCUT2D eigenvalue weighted by molar-refractivity contribution is 5.84. The summed E-state index contributed by atoms with van der Waals surface area (Å²) in [5, 5.41) is 9.14. The van der Waals surface area contributed by atoms with E-state index >= 15 is 0 Å². The molecule has 7 heteroatoms. The number of benzene rings is 1. The fourth-order valence-electron chi connectivity index (χ4n) is 2.84. The second-order valence-corrected chi connectivity index (χ2v) is 6.00. The molecular formula is C17H24N2O5. The topological polar surface area (TPSA) is 79.3 Å². The van der Waals surface area contributed by atoms with E-state index in [1.807, 2.05) is 13.8 Å². The third-order valence-electron chi connectivity index (χ3n) is 3.86. The van der Waals surface area contributed by atoms with Gasteiger partial charge in [-0.25, -0.2) is 0 Å². The van der Waals surface area contributed by atoms with E-state index in [9.17, 15) is 9.59 Å². The number of methoxy groups -OCH3 is 1. The van der Waals surface area contributed by atoms with Crippen LogP contribution in [0, 0.1) is 0 Å². The number of aliphatic carboxylic acids is 1. The number of carbonyl (C=O) groups excluding carboxylic acids is 1. The van der Waals surface area contributed by atoms with Crippen LogP contribution in [-0.2, 0) is 14.3 Å². The van der Waals surface area contributed by atoms with Gasteiger partial charge in [-0.05, 0) is 38.1 Å². The highest BCUT2D eigenvalue weighted by atomic mass is 16.5. The van der Waals surface area contributed by atoms with Crippen molar-refractivity contribution in [1.82, 2.24) is 4.90 Å². The Balaban J connectivity index is 2.09. The number of morpholine rings is 1. The maximum absolute atomic E-state index is 12.6. The first-order valence-corrected chi connectivity index (χ1v) is 7.93. The zero-order chi connectivity index (χ0) is 17.7. The van der Waals surface area contributed by atoms with E-state index in [4.69, 9.17) is 14.6 Å². The molecule has 1 aliphatic rings. The van der Waals surface area contributed by atoms with Crippen LogP contribution >= 0.6 is 0 Å². The van der Waals surface area contributed by atoms with Crippen molar-refractivity contribution in [2.24, 2.45) is 0 Å². The summed E-state index contributed by atoms with van der Waals surface area (Å²) < 4.78 is 10.7. The zero-order valence-corrected chi connectivity index (χ0v) is 14.3. The molecule has 24 heavy (non-hydrogen) atoms. The molecule has 1 fully saturated rings. The first kappa shape index (κ1) is 18.1. The molecule has 1 aliphatic heterocycles. The van der Waals surface area contributed by atoms with Gasteiger partial charge in [0.15, 0.2) is 0 Å². The Hall–Kier alpha value is -2.28. The Labute approximate surface area is 141 Å². The minimum Gasteiger partial charge on any atom is -0.497 e. The molecule has 0 bridgehead atoms. The van der Waals surface area contributed by atoms with E-state index in [2.05, 4.69) is 0 Å². The molecule has 1 amide bonds. The molecule has 7 nitrogen and oxygen atoms in total. The molecule has 2 rings (SSSR count). The third-order valence-corrected chi connectivity index (χ3v) is 3.86. The van der Waals surface area contributed by atoms with E-state index in [1.54, 1.807) is 41.2 Å². The molecule has 0 aromatic heterocycles. The molecule has 1 N–H and O–H groups in total. The van der Waals surface area contributed by atoms with Crippen LogP contribution in [0.5, 0.6) is 5.75 Å². The Morgan fingerprint density at radius 2 is 1.79 bits per heavy atom. The van der Waals surface area contributed by atoms with Crippen LogP contribution in [-0.4, -0.2) is 67.4 Å². The normalized spacial score (nSPS) is 20.5. The third kappa shape index (κ3) is 4.86. The highest BCUT2D eigenvalue weighted by Crippen LogP contribution is 2.20. The van der Waals surface area contributed by atoms with Gasteiger partial charge in [-0.2, -0.15) is 0 Å². The predicted octanol–water partition coefficient (Wildman–Crippen LogP) is 1.22. The number of ether oxygens (including phenoxy) is 2. The number of rotatable bonds is 6. The molecule has 1 saturated heterocycles. The van der Waals surface area contributed by atoms with E-state index in [0.717, 1.165) is 0 Å². The van der Waals surface area contributed by atoms with E-state index < -0.39 is 5.97 Å². The van der Waals surface area contributed by atoms with Crippen molar-refractivity contribution in [3.63, 3.8) is 0 Å². The minimum atomic E-state index is -0.984. The maximum Gasteiger partial charge on any atom is 0.323 e. The van der Waals surface area contributed by atoms with E-state index in [0.29, 0.717) is 24.5 Å². The summed E-state index contributed by atoms with van der Waals surface area (Å²) in [4.78, 5) is 27.0. The van der Waals surface area contributed by atoms with Crippen LogP contribution in [0.3, 0.4) is 0 Å². The van der Waals surface area contributed by atoms with Gasteiger partial charge in [0.25, 0.3) is 0 Å². The van der Waals surface area contributed by atoms with Gasteiger partial charge in [0, 0.05) is 18.8 Å². The molecule has 0 spiro atoms. The van der Waals surface area contributed by atoms with Crippen LogP contribution in [0.25, 0.3) is 0 Å². The molecule has 0 saturated carbocycles. The van der Waals surface area contributed by atoms with Crippen LogP contribution in [0.4, 0.5) is 5.69 Å². The number of carbonyl (C=O) groups is 2. The molecule has 0 aliphatic carbocycles. The van der Waals surface area contributed by atoms with Gasteiger partial charge in [0.2, 0.25) is 5.91 Å². The van der Waals surface area contributed by atoms with Gasteiger partial charge in [-0.3, -0.25) is 9.59 Å². The summed E-state index contributed by atoms with van der Waals surface area (Å²) in [5.41, 5.74) is 0.668. The summed E-state index contributed by atoms with van der Waals surface area (Å²) in [6, 6.07) is 6.99. The second kappa shape index (κ2) is 8.01. The monoisotopic (exact) mass is 336 g/mol. The number of hydrogen-bond acceptors (Lipinski definition) is 5. The first-order valence-electron chi connectivity index (χ1n) is 7.93. The lowest BCUT2D eigenvalue weighted by molar-refractivity contribution is -0.141. The standard InChI is InChI=1S/C17H24N2O5/c1-12-8-19(9-13(2)24-12)16(20)10-18(11-17(21)22)14-4-6-15(23-3)7-5-14/h4-7,12-13H,8-11H2,1-3H3,(H,21,22)/t12-,13-/m0/s1. The smallest absolute Gasteiger partial charge is 0.323 e. The summed E-state index contributed by atoms with van der Waals surface area (Å²) in [5.74, 6) is -0.410. The van der Waals surface area contributed by atoms with Crippen molar-refractivity contribution < 1.29 is 24.2 Å². The van der Waals surface area contributed by atoms with Gasteiger partial charge in [-0.1, -0.05) is 0 Å². The van der Waals surface area contributed by atoms with Gasteiger partial charge in [0.1, 0.15) is 12.3 Å². The number of anilines is 1. The van der Waals surface area contributed by atoms with Crippen molar-refractivity contribution >= 4 is 17.6 Å². The molecule has 0 unspecified atom stereocenters. The quantitative estimate of drug-likeness (QED) is 0.841. The maximum atomic E-state index is 12.6. The lowest BCUT2D eigenvalue weighted by atomic mass is 10.2. The zero-order valence-electron chi connectivity index (χ0n) is 14.3. The van der Waals surface area contributed by atoms with Crippen LogP contribution < -0.4 is 9.64 Å². The van der Waals surface area contributed by atoms with Gasteiger partial charge in [0.05, 0.1) is 25.9 Å². The molecule has 1 heterocycles. The molecule has 1 aromatic rings. The predicted molar refractivity (Wildman–Crippen MR) is 89.4 cm³/mol. The lowest BCUT2D eigenvalue weighted by Crippen LogP contribution is -2.51. The SMILES string of the molecule is COc1ccc(N(CC(=O)O)CC(=O)N2C[C@H](C)O[C@@H](C)C2)cc1. The number of carboxylic acids is 1. The van der Waals surface area contributed by atoms with Crippen molar-refractivity contribution in [2.45, 2.75) is 26.1 Å². The van der Waals surface area contributed by atoms with Crippen LogP contribution in [0.15, 0.2) is 24.3 Å². The average Bonchev–Trinajstić information content (AvgIpc) is 2.53. The molecule has 0 radical (unpaired) electrons. The van der Waals surface area contributed by atoms with Crippen LogP contribution in [0.2, 0.25) is 0 Å². The van der Waals surface area contributed by atoms with Crippen molar-refractivity contribution in [2.75, 3.05) is 38.2 Å². The Kier molecular flexibility index (Phi) is 6.03. The Morgan fingerprint density at radius 3 is 2.29 bits per heavy atom. The molecule has 2 atom stereocenters. The van der Waals surface area contributed by atoms with Crippen molar-refractivity contribution in [3.8, 4) is 5.75 Å². The number of hydrogen-bond donors (Lipinski definition) is 1. The van der Waals surface area contributed by atoms with Gasteiger partial charge in [-0.15, -0.1) is 0 Å². The average molecular weight is 336 g/mol. The van der Waals surface area contributed by atoms with Gasteiger partial charge < -0.3 is 24.4 Å². The summed E-state index contributed by atoms with van der Waals surface area (Å²) in [6.45, 7) is 4.66.